The number of thiazole rings is 1. The molecular formula is C17H14BrN3O2S3. The molecule has 0 radical (unpaired) electrons. The maximum Gasteiger partial charge on any atom is 0.279 e. The molecule has 9 heteroatoms. The number of halogens is 1. The summed E-state index contributed by atoms with van der Waals surface area (Å²) < 4.78 is 0.856. The van der Waals surface area contributed by atoms with Gasteiger partial charge in [-0.05, 0) is 59.3 Å². The standard InChI is InChI=1S/C17H14BrN3O2S3/c1-10-19-12(8-24-10)9-25-13-4-2-11(3-5-13)16(22)20-21-17(23)14-6-7-15(18)26-14/h2-8H,9H2,1H3,(H,20,22)(H,21,23). The maximum absolute atomic E-state index is 12.1. The minimum absolute atomic E-state index is 0.347. The lowest BCUT2D eigenvalue weighted by Gasteiger charge is -2.07. The first-order chi connectivity index (χ1) is 12.5. The van der Waals surface area contributed by atoms with E-state index in [4.69, 9.17) is 0 Å². The van der Waals surface area contributed by atoms with Crippen molar-refractivity contribution < 1.29 is 9.59 Å². The predicted octanol–water partition coefficient (Wildman–Crippen LogP) is 4.64. The van der Waals surface area contributed by atoms with Crippen LogP contribution in [0, 0.1) is 6.92 Å². The molecule has 0 aliphatic rings. The lowest BCUT2D eigenvalue weighted by atomic mass is 10.2. The van der Waals surface area contributed by atoms with Crippen molar-refractivity contribution >= 4 is 62.2 Å². The summed E-state index contributed by atoms with van der Waals surface area (Å²) in [4.78, 5) is 30.1. The van der Waals surface area contributed by atoms with Gasteiger partial charge in [0.05, 0.1) is 19.4 Å². The third-order valence-electron chi connectivity index (χ3n) is 3.26. The highest BCUT2D eigenvalue weighted by atomic mass is 79.9. The third-order valence-corrected chi connectivity index (χ3v) is 6.75. The van der Waals surface area contributed by atoms with E-state index in [1.165, 1.54) is 11.3 Å². The van der Waals surface area contributed by atoms with Gasteiger partial charge in [0.1, 0.15) is 0 Å². The molecule has 3 rings (SSSR count). The smallest absolute Gasteiger partial charge is 0.267 e. The molecule has 0 aliphatic heterocycles. The Hall–Kier alpha value is -1.68. The van der Waals surface area contributed by atoms with Crippen LogP contribution < -0.4 is 10.9 Å². The first-order valence-corrected chi connectivity index (χ1v) is 11.0. The number of carbonyl (C=O) groups excluding carboxylic acids is 2. The third kappa shape index (κ3) is 5.16. The van der Waals surface area contributed by atoms with E-state index in [-0.39, 0.29) is 11.8 Å². The van der Waals surface area contributed by atoms with Crippen molar-refractivity contribution in [3.8, 4) is 0 Å². The highest BCUT2D eigenvalue weighted by Gasteiger charge is 2.11. The van der Waals surface area contributed by atoms with E-state index >= 15 is 0 Å². The van der Waals surface area contributed by atoms with Crippen LogP contribution in [0.4, 0.5) is 0 Å². The SMILES string of the molecule is Cc1nc(CSc2ccc(C(=O)NNC(=O)c3ccc(Br)s3)cc2)cs1. The van der Waals surface area contributed by atoms with Gasteiger partial charge in [0, 0.05) is 21.6 Å². The molecule has 2 heterocycles. The fourth-order valence-electron chi connectivity index (χ4n) is 2.02. The molecule has 0 bridgehead atoms. The van der Waals surface area contributed by atoms with E-state index in [0.717, 1.165) is 25.1 Å². The first-order valence-electron chi connectivity index (χ1n) is 7.51. The van der Waals surface area contributed by atoms with E-state index in [9.17, 15) is 9.59 Å². The van der Waals surface area contributed by atoms with Crippen LogP contribution in [0.1, 0.15) is 30.7 Å². The molecule has 0 saturated carbocycles. The summed E-state index contributed by atoms with van der Waals surface area (Å²) >= 11 is 7.90. The van der Waals surface area contributed by atoms with Crippen LogP contribution in [-0.2, 0) is 5.75 Å². The molecule has 5 nitrogen and oxygen atoms in total. The van der Waals surface area contributed by atoms with Gasteiger partial charge in [-0.1, -0.05) is 0 Å². The number of rotatable bonds is 5. The van der Waals surface area contributed by atoms with Crippen LogP contribution in [0.5, 0.6) is 0 Å². The molecule has 1 aromatic carbocycles. The second kappa shape index (κ2) is 8.81. The van der Waals surface area contributed by atoms with Crippen LogP contribution in [-0.4, -0.2) is 16.8 Å². The van der Waals surface area contributed by atoms with Gasteiger partial charge in [-0.3, -0.25) is 20.4 Å². The zero-order valence-electron chi connectivity index (χ0n) is 13.6. The number of aromatic nitrogens is 1. The number of benzene rings is 1. The lowest BCUT2D eigenvalue weighted by molar-refractivity contribution is 0.0849. The van der Waals surface area contributed by atoms with Gasteiger partial charge in [-0.25, -0.2) is 4.98 Å². The van der Waals surface area contributed by atoms with Crippen LogP contribution in [0.25, 0.3) is 0 Å². The Morgan fingerprint density at radius 1 is 1.12 bits per heavy atom. The minimum Gasteiger partial charge on any atom is -0.267 e. The normalized spacial score (nSPS) is 10.5. The van der Waals surface area contributed by atoms with Gasteiger partial charge < -0.3 is 0 Å². The summed E-state index contributed by atoms with van der Waals surface area (Å²) in [6.07, 6.45) is 0. The molecule has 2 aromatic heterocycles. The van der Waals surface area contributed by atoms with E-state index in [1.54, 1.807) is 47.4 Å². The van der Waals surface area contributed by atoms with Crippen molar-refractivity contribution in [3.05, 3.63) is 66.7 Å². The molecule has 26 heavy (non-hydrogen) atoms. The number of hydrazine groups is 1. The highest BCUT2D eigenvalue weighted by Crippen LogP contribution is 2.24. The van der Waals surface area contributed by atoms with Crippen LogP contribution in [0.2, 0.25) is 0 Å². The largest absolute Gasteiger partial charge is 0.279 e. The van der Waals surface area contributed by atoms with Gasteiger partial charge in [0.15, 0.2) is 0 Å². The number of aryl methyl sites for hydroxylation is 1. The van der Waals surface area contributed by atoms with Gasteiger partial charge in [-0.15, -0.1) is 34.4 Å². The molecule has 0 spiro atoms. The number of thiophene rings is 1. The molecule has 0 unspecified atom stereocenters. The molecule has 2 amide bonds. The fourth-order valence-corrected chi connectivity index (χ4v) is 4.81. The molecule has 0 atom stereocenters. The van der Waals surface area contributed by atoms with E-state index in [2.05, 4.69) is 37.1 Å². The first kappa shape index (κ1) is 19.1. The van der Waals surface area contributed by atoms with Crippen molar-refractivity contribution in [2.24, 2.45) is 0 Å². The summed E-state index contributed by atoms with van der Waals surface area (Å²) in [6, 6.07) is 10.7. The number of hydrogen-bond acceptors (Lipinski definition) is 6. The number of nitrogens with one attached hydrogen (secondary N) is 2. The van der Waals surface area contributed by atoms with Gasteiger partial charge in [-0.2, -0.15) is 0 Å². The van der Waals surface area contributed by atoms with Crippen molar-refractivity contribution in [3.63, 3.8) is 0 Å². The Morgan fingerprint density at radius 3 is 2.46 bits per heavy atom. The summed E-state index contributed by atoms with van der Waals surface area (Å²) in [5, 5.41) is 3.11. The highest BCUT2D eigenvalue weighted by molar-refractivity contribution is 9.11. The van der Waals surface area contributed by atoms with E-state index in [1.807, 2.05) is 19.1 Å². The second-order valence-electron chi connectivity index (χ2n) is 5.18. The van der Waals surface area contributed by atoms with Crippen LogP contribution in [0.15, 0.2) is 50.5 Å². The number of thioether (sulfide) groups is 1. The topological polar surface area (TPSA) is 71.1 Å². The van der Waals surface area contributed by atoms with Gasteiger partial charge >= 0.3 is 0 Å². The zero-order valence-corrected chi connectivity index (χ0v) is 17.7. The Morgan fingerprint density at radius 2 is 1.85 bits per heavy atom. The molecular weight excluding hydrogens is 454 g/mol. The molecule has 0 aliphatic carbocycles. The number of hydrogen-bond donors (Lipinski definition) is 2. The molecule has 2 N–H and O–H groups in total. The summed E-state index contributed by atoms with van der Waals surface area (Å²) in [6.45, 7) is 1.99. The fraction of sp³-hybridized carbons (Fsp3) is 0.118. The summed E-state index contributed by atoms with van der Waals surface area (Å²) in [7, 11) is 0. The Kier molecular flexibility index (Phi) is 6.47. The number of amides is 2. The predicted molar refractivity (Wildman–Crippen MR) is 110 cm³/mol. The van der Waals surface area contributed by atoms with Crippen molar-refractivity contribution in [2.45, 2.75) is 17.6 Å². The number of nitrogens with zero attached hydrogens (tertiary/aromatic N) is 1. The monoisotopic (exact) mass is 467 g/mol. The Bertz CT molecular complexity index is 921. The minimum atomic E-state index is -0.361. The molecule has 3 aromatic rings. The van der Waals surface area contributed by atoms with E-state index < -0.39 is 0 Å². The molecule has 134 valence electrons. The van der Waals surface area contributed by atoms with Crippen molar-refractivity contribution in [1.29, 1.82) is 0 Å². The Balaban J connectivity index is 1.50. The zero-order chi connectivity index (χ0) is 18.5. The lowest BCUT2D eigenvalue weighted by Crippen LogP contribution is -2.41. The molecule has 0 fully saturated rings. The summed E-state index contributed by atoms with van der Waals surface area (Å²) in [5.41, 5.74) is 6.37. The number of carbonyl (C=O) groups is 2. The van der Waals surface area contributed by atoms with Gasteiger partial charge in [0.25, 0.3) is 11.8 Å². The average Bonchev–Trinajstić information content (AvgIpc) is 3.26. The van der Waals surface area contributed by atoms with E-state index in [0.29, 0.717) is 10.4 Å². The second-order valence-corrected chi connectivity index (χ2v) is 9.76. The average molecular weight is 468 g/mol. The molecule has 0 saturated heterocycles. The van der Waals surface area contributed by atoms with Gasteiger partial charge in [0.2, 0.25) is 0 Å². The maximum atomic E-state index is 12.1. The summed E-state index contributed by atoms with van der Waals surface area (Å²) in [5.74, 6) is 0.0860. The quantitative estimate of drug-likeness (QED) is 0.423. The van der Waals surface area contributed by atoms with Crippen LogP contribution >= 0.6 is 50.4 Å². The van der Waals surface area contributed by atoms with Crippen molar-refractivity contribution in [2.75, 3.05) is 0 Å². The Labute approximate surface area is 171 Å². The van der Waals surface area contributed by atoms with Crippen LogP contribution in [0.3, 0.4) is 0 Å². The van der Waals surface area contributed by atoms with Crippen molar-refractivity contribution in [1.82, 2.24) is 15.8 Å².